The maximum atomic E-state index is 10.6. The van der Waals surface area contributed by atoms with Gasteiger partial charge in [-0.25, -0.2) is 9.97 Å². The van der Waals surface area contributed by atoms with E-state index in [0.717, 1.165) is 0 Å². The molecule has 16 heavy (non-hydrogen) atoms. The van der Waals surface area contributed by atoms with Crippen molar-refractivity contribution in [1.82, 2.24) is 9.97 Å². The van der Waals surface area contributed by atoms with Gasteiger partial charge >= 0.3 is 6.01 Å². The molecule has 0 radical (unpaired) electrons. The molecule has 1 aromatic rings. The number of hydrogen-bond acceptors (Lipinski definition) is 5. The number of carbonyl (C=O) groups excluding carboxylic acids is 1. The molecule has 0 saturated heterocycles. The zero-order valence-electron chi connectivity index (χ0n) is 9.19. The van der Waals surface area contributed by atoms with Crippen LogP contribution in [0.3, 0.4) is 0 Å². The lowest BCUT2D eigenvalue weighted by atomic mass is 10.3. The van der Waals surface area contributed by atoms with Crippen molar-refractivity contribution in [1.29, 1.82) is 0 Å². The highest BCUT2D eigenvalue weighted by Crippen LogP contribution is 2.02. The summed E-state index contributed by atoms with van der Waals surface area (Å²) >= 11 is 1.18. The van der Waals surface area contributed by atoms with Gasteiger partial charge in [-0.15, -0.1) is 0 Å². The zero-order valence-corrected chi connectivity index (χ0v) is 10.0. The first-order valence-electron chi connectivity index (χ1n) is 4.79. The standard InChI is InChI=1S/C11H12N2O2S/c1-3-15-11-12-7-10(8-13-11)5-4-6-16-9(2)14/h7-8H,3,6H2,1-2H3. The molecule has 4 nitrogen and oxygen atoms in total. The average molecular weight is 236 g/mol. The van der Waals surface area contributed by atoms with Crippen LogP contribution < -0.4 is 4.74 Å². The van der Waals surface area contributed by atoms with Crippen LogP contribution in [0.5, 0.6) is 6.01 Å². The van der Waals surface area contributed by atoms with Crippen molar-refractivity contribution in [2.24, 2.45) is 0 Å². The van der Waals surface area contributed by atoms with Crippen LogP contribution in [0.4, 0.5) is 0 Å². The van der Waals surface area contributed by atoms with E-state index in [9.17, 15) is 4.79 Å². The van der Waals surface area contributed by atoms with Crippen LogP contribution in [0.1, 0.15) is 19.4 Å². The molecule has 0 aromatic carbocycles. The Hall–Kier alpha value is -1.54. The first kappa shape index (κ1) is 12.5. The third kappa shape index (κ3) is 4.80. The number of hydrogen-bond donors (Lipinski definition) is 0. The summed E-state index contributed by atoms with van der Waals surface area (Å²) in [7, 11) is 0. The number of thioether (sulfide) groups is 1. The molecule has 0 amide bonds. The number of rotatable bonds is 3. The lowest BCUT2D eigenvalue weighted by Crippen LogP contribution is -1.96. The summed E-state index contributed by atoms with van der Waals surface area (Å²) in [6.45, 7) is 3.93. The van der Waals surface area contributed by atoms with Gasteiger partial charge in [-0.05, 0) is 6.92 Å². The van der Waals surface area contributed by atoms with Crippen molar-refractivity contribution in [2.75, 3.05) is 12.4 Å². The van der Waals surface area contributed by atoms with Gasteiger partial charge < -0.3 is 4.74 Å². The van der Waals surface area contributed by atoms with Gasteiger partial charge in [-0.1, -0.05) is 23.6 Å². The Morgan fingerprint density at radius 2 is 2.19 bits per heavy atom. The maximum Gasteiger partial charge on any atom is 0.316 e. The third-order valence-corrected chi connectivity index (χ3v) is 2.18. The zero-order chi connectivity index (χ0) is 11.8. The lowest BCUT2D eigenvalue weighted by molar-refractivity contribution is -0.109. The van der Waals surface area contributed by atoms with Crippen LogP contribution in [0.15, 0.2) is 12.4 Å². The summed E-state index contributed by atoms with van der Waals surface area (Å²) in [5, 5.41) is 0.0669. The second kappa shape index (κ2) is 6.85. The summed E-state index contributed by atoms with van der Waals surface area (Å²) in [6, 6.07) is 0.353. The predicted molar refractivity (Wildman–Crippen MR) is 63.2 cm³/mol. The highest BCUT2D eigenvalue weighted by molar-refractivity contribution is 8.13. The van der Waals surface area contributed by atoms with Crippen molar-refractivity contribution in [2.45, 2.75) is 13.8 Å². The Balaban J connectivity index is 2.51. The molecule has 0 N–H and O–H groups in total. The van der Waals surface area contributed by atoms with Gasteiger partial charge in [-0.2, -0.15) is 0 Å². The lowest BCUT2D eigenvalue weighted by Gasteiger charge is -1.98. The molecule has 0 aliphatic rings. The smallest absolute Gasteiger partial charge is 0.316 e. The molecule has 1 rings (SSSR count). The highest BCUT2D eigenvalue weighted by atomic mass is 32.2. The molecule has 5 heteroatoms. The quantitative estimate of drug-likeness (QED) is 0.744. The second-order valence-electron chi connectivity index (χ2n) is 2.77. The average Bonchev–Trinajstić information content (AvgIpc) is 2.27. The molecule has 0 fully saturated rings. The van der Waals surface area contributed by atoms with E-state index < -0.39 is 0 Å². The molecule has 1 heterocycles. The van der Waals surface area contributed by atoms with E-state index in [2.05, 4.69) is 21.8 Å². The predicted octanol–water partition coefficient (Wildman–Crippen LogP) is 1.51. The number of carbonyl (C=O) groups is 1. The molecule has 0 unspecified atom stereocenters. The monoisotopic (exact) mass is 236 g/mol. The normalized spacial score (nSPS) is 9.12. The first-order chi connectivity index (χ1) is 7.72. The van der Waals surface area contributed by atoms with E-state index >= 15 is 0 Å². The molecule has 0 spiro atoms. The van der Waals surface area contributed by atoms with E-state index in [4.69, 9.17) is 4.74 Å². The molecule has 0 bridgehead atoms. The van der Waals surface area contributed by atoms with E-state index in [1.807, 2.05) is 6.92 Å². The van der Waals surface area contributed by atoms with E-state index in [1.54, 1.807) is 12.4 Å². The Morgan fingerprint density at radius 1 is 1.50 bits per heavy atom. The number of aromatic nitrogens is 2. The van der Waals surface area contributed by atoms with Crippen LogP contribution in [0.2, 0.25) is 0 Å². The summed E-state index contributed by atoms with van der Waals surface area (Å²) in [5.41, 5.74) is 0.715. The third-order valence-electron chi connectivity index (χ3n) is 1.48. The minimum atomic E-state index is 0.0669. The number of nitrogens with zero attached hydrogens (tertiary/aromatic N) is 2. The largest absolute Gasteiger partial charge is 0.464 e. The SMILES string of the molecule is CCOc1ncc(C#CCSC(C)=O)cn1. The highest BCUT2D eigenvalue weighted by Gasteiger charge is 1.94. The summed E-state index contributed by atoms with van der Waals surface area (Å²) in [5.74, 6) is 6.21. The van der Waals surface area contributed by atoms with Crippen molar-refractivity contribution < 1.29 is 9.53 Å². The van der Waals surface area contributed by atoms with Crippen LogP contribution in [-0.4, -0.2) is 27.4 Å². The van der Waals surface area contributed by atoms with Gasteiger partial charge in [0, 0.05) is 19.3 Å². The van der Waals surface area contributed by atoms with E-state index in [1.165, 1.54) is 18.7 Å². The molecule has 0 aliphatic heterocycles. The summed E-state index contributed by atoms with van der Waals surface area (Å²) < 4.78 is 5.10. The Labute approximate surface area is 98.8 Å². The molecular formula is C11H12N2O2S. The van der Waals surface area contributed by atoms with Gasteiger partial charge in [0.1, 0.15) is 0 Å². The Morgan fingerprint density at radius 3 is 2.75 bits per heavy atom. The Kier molecular flexibility index (Phi) is 5.37. The van der Waals surface area contributed by atoms with Crippen molar-refractivity contribution in [3.63, 3.8) is 0 Å². The minimum Gasteiger partial charge on any atom is -0.464 e. The fourth-order valence-electron chi connectivity index (χ4n) is 0.860. The fraction of sp³-hybridized carbons (Fsp3) is 0.364. The van der Waals surface area contributed by atoms with Gasteiger partial charge in [-0.3, -0.25) is 4.79 Å². The van der Waals surface area contributed by atoms with Crippen LogP contribution >= 0.6 is 11.8 Å². The fourth-order valence-corrected chi connectivity index (χ4v) is 1.21. The van der Waals surface area contributed by atoms with Crippen molar-refractivity contribution >= 4 is 16.9 Å². The van der Waals surface area contributed by atoms with E-state index in [0.29, 0.717) is 23.9 Å². The first-order valence-corrected chi connectivity index (χ1v) is 5.78. The number of ether oxygens (including phenoxy) is 1. The second-order valence-corrected chi connectivity index (χ2v) is 3.92. The molecule has 1 aromatic heterocycles. The van der Waals surface area contributed by atoms with Gasteiger partial charge in [0.25, 0.3) is 0 Å². The van der Waals surface area contributed by atoms with Crippen molar-refractivity contribution in [3.8, 4) is 17.9 Å². The maximum absolute atomic E-state index is 10.6. The van der Waals surface area contributed by atoms with E-state index in [-0.39, 0.29) is 5.12 Å². The van der Waals surface area contributed by atoms with Crippen molar-refractivity contribution in [3.05, 3.63) is 18.0 Å². The molecule has 0 atom stereocenters. The van der Waals surface area contributed by atoms with Gasteiger partial charge in [0.05, 0.1) is 17.9 Å². The summed E-state index contributed by atoms with van der Waals surface area (Å²) in [4.78, 5) is 18.6. The van der Waals surface area contributed by atoms with Gasteiger partial charge in [0.15, 0.2) is 5.12 Å². The van der Waals surface area contributed by atoms with Gasteiger partial charge in [0.2, 0.25) is 0 Å². The van der Waals surface area contributed by atoms with Crippen LogP contribution in [0.25, 0.3) is 0 Å². The van der Waals surface area contributed by atoms with Crippen LogP contribution in [-0.2, 0) is 4.79 Å². The topological polar surface area (TPSA) is 52.1 Å². The van der Waals surface area contributed by atoms with Crippen LogP contribution in [0, 0.1) is 11.8 Å². The molecule has 0 aliphatic carbocycles. The molecule has 84 valence electrons. The molecular weight excluding hydrogens is 224 g/mol. The minimum absolute atomic E-state index is 0.0669. The Bertz CT molecular complexity index is 406. The molecule has 0 saturated carbocycles. The summed E-state index contributed by atoms with van der Waals surface area (Å²) in [6.07, 6.45) is 3.20.